The summed E-state index contributed by atoms with van der Waals surface area (Å²) in [7, 11) is 2.20. The van der Waals surface area contributed by atoms with Gasteiger partial charge in [-0.3, -0.25) is 4.90 Å². The number of fused-ring (bicyclic) bond motifs is 1. The Hall–Kier alpha value is -1.02. The van der Waals surface area contributed by atoms with Crippen molar-refractivity contribution in [2.24, 2.45) is 0 Å². The van der Waals surface area contributed by atoms with Crippen molar-refractivity contribution in [1.29, 1.82) is 0 Å². The first-order valence-corrected chi connectivity index (χ1v) is 6.12. The molecule has 2 heteroatoms. The fraction of sp³-hybridized carbons (Fsp3) is 0.571. The van der Waals surface area contributed by atoms with Gasteiger partial charge in [0.1, 0.15) is 0 Å². The molecule has 1 heterocycles. The lowest BCUT2D eigenvalue weighted by Gasteiger charge is -2.24. The topological polar surface area (TPSA) is 6.48 Å². The van der Waals surface area contributed by atoms with Gasteiger partial charge in [-0.05, 0) is 38.0 Å². The standard InChI is InChI=1S/C14H22N2/c1-11(2)16-8-7-15(4)14-9-12(3)5-6-13(14)10-16/h5-6,9,11H,7-8,10H2,1-4H3. The predicted octanol–water partition coefficient (Wildman–Crippen LogP) is 2.66. The minimum Gasteiger partial charge on any atom is -0.373 e. The number of benzene rings is 1. The SMILES string of the molecule is Cc1ccc2c(c1)N(C)CCN(C(C)C)C2. The highest BCUT2D eigenvalue weighted by Gasteiger charge is 2.18. The quantitative estimate of drug-likeness (QED) is 0.715. The summed E-state index contributed by atoms with van der Waals surface area (Å²) in [6.07, 6.45) is 0. The van der Waals surface area contributed by atoms with Crippen LogP contribution in [-0.4, -0.2) is 31.1 Å². The van der Waals surface area contributed by atoms with Crippen LogP contribution in [-0.2, 0) is 6.54 Å². The van der Waals surface area contributed by atoms with E-state index in [1.54, 1.807) is 0 Å². The van der Waals surface area contributed by atoms with Gasteiger partial charge in [0, 0.05) is 38.4 Å². The van der Waals surface area contributed by atoms with Gasteiger partial charge < -0.3 is 4.90 Å². The Labute approximate surface area is 98.9 Å². The van der Waals surface area contributed by atoms with Gasteiger partial charge in [0.15, 0.2) is 0 Å². The molecule has 0 unspecified atom stereocenters. The normalized spacial score (nSPS) is 17.4. The summed E-state index contributed by atoms with van der Waals surface area (Å²) in [5.74, 6) is 0. The Morgan fingerprint density at radius 3 is 2.62 bits per heavy atom. The molecule has 0 atom stereocenters. The van der Waals surface area contributed by atoms with Crippen LogP contribution >= 0.6 is 0 Å². The Kier molecular flexibility index (Phi) is 3.20. The van der Waals surface area contributed by atoms with E-state index in [0.717, 1.165) is 19.6 Å². The van der Waals surface area contributed by atoms with Crippen LogP contribution in [0.25, 0.3) is 0 Å². The zero-order valence-corrected chi connectivity index (χ0v) is 10.8. The van der Waals surface area contributed by atoms with E-state index < -0.39 is 0 Å². The van der Waals surface area contributed by atoms with E-state index in [0.29, 0.717) is 6.04 Å². The van der Waals surface area contributed by atoms with Crippen LogP contribution in [0.5, 0.6) is 0 Å². The molecule has 0 aromatic heterocycles. The van der Waals surface area contributed by atoms with Crippen LogP contribution < -0.4 is 4.90 Å². The molecular formula is C14H22N2. The van der Waals surface area contributed by atoms with E-state index in [1.165, 1.54) is 16.8 Å². The number of hydrogen-bond donors (Lipinski definition) is 0. The summed E-state index contributed by atoms with van der Waals surface area (Å²) in [5, 5.41) is 0. The minimum atomic E-state index is 0.626. The van der Waals surface area contributed by atoms with Crippen molar-refractivity contribution in [3.8, 4) is 0 Å². The lowest BCUT2D eigenvalue weighted by Crippen LogP contribution is -2.34. The molecule has 0 fully saturated rings. The Morgan fingerprint density at radius 2 is 1.94 bits per heavy atom. The van der Waals surface area contributed by atoms with Gasteiger partial charge in [-0.2, -0.15) is 0 Å². The number of aryl methyl sites for hydroxylation is 1. The zero-order chi connectivity index (χ0) is 11.7. The van der Waals surface area contributed by atoms with Crippen LogP contribution in [0.2, 0.25) is 0 Å². The van der Waals surface area contributed by atoms with Gasteiger partial charge in [-0.25, -0.2) is 0 Å². The second kappa shape index (κ2) is 4.46. The van der Waals surface area contributed by atoms with Crippen molar-refractivity contribution in [3.63, 3.8) is 0 Å². The van der Waals surface area contributed by atoms with E-state index in [-0.39, 0.29) is 0 Å². The summed E-state index contributed by atoms with van der Waals surface area (Å²) in [6.45, 7) is 10.1. The molecule has 0 saturated carbocycles. The number of nitrogens with zero attached hydrogens (tertiary/aromatic N) is 2. The van der Waals surface area contributed by atoms with Crippen molar-refractivity contribution >= 4 is 5.69 Å². The first-order chi connectivity index (χ1) is 7.58. The molecule has 1 aliphatic heterocycles. The summed E-state index contributed by atoms with van der Waals surface area (Å²) in [4.78, 5) is 4.92. The van der Waals surface area contributed by atoms with E-state index in [2.05, 4.69) is 55.8 Å². The van der Waals surface area contributed by atoms with Crippen molar-refractivity contribution in [1.82, 2.24) is 4.90 Å². The fourth-order valence-corrected chi connectivity index (χ4v) is 2.30. The highest BCUT2D eigenvalue weighted by Crippen LogP contribution is 2.25. The maximum absolute atomic E-state index is 2.54. The van der Waals surface area contributed by atoms with Gasteiger partial charge in [0.05, 0.1) is 0 Å². The average molecular weight is 218 g/mol. The molecule has 0 spiro atoms. The van der Waals surface area contributed by atoms with Gasteiger partial charge in [0.25, 0.3) is 0 Å². The highest BCUT2D eigenvalue weighted by atomic mass is 15.2. The molecule has 2 nitrogen and oxygen atoms in total. The van der Waals surface area contributed by atoms with Crippen LogP contribution in [0.4, 0.5) is 5.69 Å². The van der Waals surface area contributed by atoms with Crippen LogP contribution in [0.3, 0.4) is 0 Å². The molecular weight excluding hydrogens is 196 g/mol. The molecule has 0 radical (unpaired) electrons. The Bertz CT molecular complexity index is 371. The maximum atomic E-state index is 2.54. The second-order valence-corrected chi connectivity index (χ2v) is 5.12. The van der Waals surface area contributed by atoms with Gasteiger partial charge in [-0.1, -0.05) is 12.1 Å². The van der Waals surface area contributed by atoms with E-state index in [9.17, 15) is 0 Å². The van der Waals surface area contributed by atoms with Crippen molar-refractivity contribution < 1.29 is 0 Å². The molecule has 0 bridgehead atoms. The zero-order valence-electron chi connectivity index (χ0n) is 10.8. The first-order valence-electron chi connectivity index (χ1n) is 6.12. The van der Waals surface area contributed by atoms with Crippen LogP contribution in [0.15, 0.2) is 18.2 Å². The van der Waals surface area contributed by atoms with Crippen LogP contribution in [0, 0.1) is 6.92 Å². The summed E-state index contributed by atoms with van der Waals surface area (Å²) in [6, 6.07) is 7.43. The van der Waals surface area contributed by atoms with E-state index in [4.69, 9.17) is 0 Å². The number of likely N-dealkylation sites (N-methyl/N-ethyl adjacent to an activating group) is 1. The fourth-order valence-electron chi connectivity index (χ4n) is 2.30. The molecule has 16 heavy (non-hydrogen) atoms. The third-order valence-corrected chi connectivity index (χ3v) is 3.48. The Morgan fingerprint density at radius 1 is 1.19 bits per heavy atom. The molecule has 0 N–H and O–H groups in total. The van der Waals surface area contributed by atoms with Gasteiger partial charge >= 0.3 is 0 Å². The molecule has 1 aromatic carbocycles. The van der Waals surface area contributed by atoms with E-state index in [1.807, 2.05) is 0 Å². The van der Waals surface area contributed by atoms with Crippen LogP contribution in [0.1, 0.15) is 25.0 Å². The number of hydrogen-bond acceptors (Lipinski definition) is 2. The summed E-state index contributed by atoms with van der Waals surface area (Å²) >= 11 is 0. The van der Waals surface area contributed by atoms with Gasteiger partial charge in [0.2, 0.25) is 0 Å². The number of rotatable bonds is 1. The third-order valence-electron chi connectivity index (χ3n) is 3.48. The van der Waals surface area contributed by atoms with E-state index >= 15 is 0 Å². The minimum absolute atomic E-state index is 0.626. The molecule has 0 saturated heterocycles. The monoisotopic (exact) mass is 218 g/mol. The molecule has 0 aliphatic carbocycles. The number of anilines is 1. The van der Waals surface area contributed by atoms with Crippen molar-refractivity contribution in [3.05, 3.63) is 29.3 Å². The summed E-state index contributed by atoms with van der Waals surface area (Å²) in [5.41, 5.74) is 4.21. The summed E-state index contributed by atoms with van der Waals surface area (Å²) < 4.78 is 0. The van der Waals surface area contributed by atoms with Crippen molar-refractivity contribution in [2.45, 2.75) is 33.4 Å². The smallest absolute Gasteiger partial charge is 0.0412 e. The largest absolute Gasteiger partial charge is 0.373 e. The lowest BCUT2D eigenvalue weighted by molar-refractivity contribution is 0.223. The van der Waals surface area contributed by atoms with Crippen molar-refractivity contribution in [2.75, 3.05) is 25.0 Å². The molecule has 88 valence electrons. The molecule has 1 aromatic rings. The predicted molar refractivity (Wildman–Crippen MR) is 70.0 cm³/mol. The van der Waals surface area contributed by atoms with Gasteiger partial charge in [-0.15, -0.1) is 0 Å². The maximum Gasteiger partial charge on any atom is 0.0412 e. The average Bonchev–Trinajstić information content (AvgIpc) is 2.39. The lowest BCUT2D eigenvalue weighted by atomic mass is 10.1. The first kappa shape index (κ1) is 11.5. The Balaban J connectivity index is 2.34. The molecule has 1 aliphatic rings. The highest BCUT2D eigenvalue weighted by molar-refractivity contribution is 5.55. The molecule has 0 amide bonds. The second-order valence-electron chi connectivity index (χ2n) is 5.12. The molecule has 2 rings (SSSR count). The third kappa shape index (κ3) is 2.22.